The highest BCUT2D eigenvalue weighted by molar-refractivity contribution is 7.16. The van der Waals surface area contributed by atoms with E-state index in [4.69, 9.17) is 0 Å². The van der Waals surface area contributed by atoms with Crippen LogP contribution in [0, 0.1) is 10.1 Å². The number of nitro benzene ring substituents is 1. The highest BCUT2D eigenvalue weighted by atomic mass is 32.1. The number of amides is 1. The van der Waals surface area contributed by atoms with Crippen LogP contribution in [0.25, 0.3) is 0 Å². The minimum absolute atomic E-state index is 0.204. The minimum Gasteiger partial charge on any atom is -0.502 e. The number of nitro groups is 1. The van der Waals surface area contributed by atoms with E-state index in [1.54, 1.807) is 6.07 Å². The molecule has 0 aliphatic heterocycles. The number of carbonyl (C=O) groups is 1. The normalized spacial score (nSPS) is 13.2. The molecule has 30 heavy (non-hydrogen) atoms. The molecule has 0 saturated heterocycles. The van der Waals surface area contributed by atoms with Crippen molar-refractivity contribution in [3.05, 3.63) is 80.2 Å². The van der Waals surface area contributed by atoms with Gasteiger partial charge in [0.25, 0.3) is 5.91 Å². The van der Waals surface area contributed by atoms with Crippen LogP contribution < -0.4 is 5.32 Å². The summed E-state index contributed by atoms with van der Waals surface area (Å²) in [7, 11) is 0. The molecule has 0 spiro atoms. The van der Waals surface area contributed by atoms with Gasteiger partial charge in [-0.1, -0.05) is 18.2 Å². The van der Waals surface area contributed by atoms with E-state index < -0.39 is 10.7 Å². The number of fused-ring (bicyclic) bond motifs is 1. The van der Waals surface area contributed by atoms with Crippen LogP contribution in [0.2, 0.25) is 0 Å². The highest BCUT2D eigenvalue weighted by Crippen LogP contribution is 2.40. The Labute approximate surface area is 176 Å². The van der Waals surface area contributed by atoms with Crippen molar-refractivity contribution in [1.82, 2.24) is 0 Å². The molecule has 0 fully saturated rings. The molecular weight excluding hydrogens is 402 g/mol. The Kier molecular flexibility index (Phi) is 5.58. The van der Waals surface area contributed by atoms with Gasteiger partial charge in [-0.05, 0) is 61.1 Å². The summed E-state index contributed by atoms with van der Waals surface area (Å²) < 4.78 is 0. The maximum Gasteiger partial charge on any atom is 0.311 e. The third kappa shape index (κ3) is 4.08. The van der Waals surface area contributed by atoms with Gasteiger partial charge in [-0.25, -0.2) is 4.99 Å². The molecule has 2 N–H and O–H groups in total. The van der Waals surface area contributed by atoms with Crippen molar-refractivity contribution < 1.29 is 14.8 Å². The smallest absolute Gasteiger partial charge is 0.311 e. The minimum atomic E-state index is -0.644. The standard InChI is InChI=1S/C22H19N3O4S/c26-18-11-10-14(12-17(18)25(28)29)13-23-22-20(16-8-4-5-9-19(16)30-22)21(27)24-15-6-2-1-3-7-15/h1-3,6-7,10-13,26H,4-5,8-9H2,(H,24,27). The summed E-state index contributed by atoms with van der Waals surface area (Å²) in [6, 6.07) is 13.3. The predicted octanol–water partition coefficient (Wildman–Crippen LogP) is 5.24. The molecule has 2 aromatic carbocycles. The summed E-state index contributed by atoms with van der Waals surface area (Å²) in [5.41, 5.74) is 2.42. The second-order valence-corrected chi connectivity index (χ2v) is 8.06. The van der Waals surface area contributed by atoms with Crippen molar-refractivity contribution in [2.45, 2.75) is 25.7 Å². The van der Waals surface area contributed by atoms with Crippen LogP contribution in [0.3, 0.4) is 0 Å². The number of hydrogen-bond acceptors (Lipinski definition) is 6. The number of benzene rings is 2. The number of para-hydroxylation sites is 1. The van der Waals surface area contributed by atoms with E-state index in [0.717, 1.165) is 31.2 Å². The quantitative estimate of drug-likeness (QED) is 0.334. The fourth-order valence-electron chi connectivity index (χ4n) is 3.49. The first-order chi connectivity index (χ1) is 14.5. The lowest BCUT2D eigenvalue weighted by molar-refractivity contribution is -0.385. The number of rotatable bonds is 5. The monoisotopic (exact) mass is 421 g/mol. The van der Waals surface area contributed by atoms with Crippen LogP contribution in [0.4, 0.5) is 16.4 Å². The van der Waals surface area contributed by atoms with Crippen molar-refractivity contribution in [1.29, 1.82) is 0 Å². The zero-order chi connectivity index (χ0) is 21.1. The molecule has 8 heteroatoms. The van der Waals surface area contributed by atoms with Gasteiger partial charge < -0.3 is 10.4 Å². The van der Waals surface area contributed by atoms with E-state index in [1.807, 2.05) is 30.3 Å². The number of aryl methyl sites for hydroxylation is 1. The van der Waals surface area contributed by atoms with Gasteiger partial charge in [0.15, 0.2) is 5.75 Å². The van der Waals surface area contributed by atoms with Crippen LogP contribution in [-0.2, 0) is 12.8 Å². The molecule has 0 radical (unpaired) electrons. The molecule has 4 rings (SSSR count). The number of anilines is 1. The molecule has 0 bridgehead atoms. The fraction of sp³-hybridized carbons (Fsp3) is 0.182. The van der Waals surface area contributed by atoms with E-state index in [-0.39, 0.29) is 11.6 Å². The number of phenolic OH excluding ortho intramolecular Hbond substituents is 1. The van der Waals surface area contributed by atoms with Crippen LogP contribution in [0.1, 0.15) is 39.2 Å². The molecule has 1 aliphatic carbocycles. The number of carbonyl (C=O) groups excluding carboxylic acids is 1. The lowest BCUT2D eigenvalue weighted by Crippen LogP contribution is -2.14. The van der Waals surface area contributed by atoms with Crippen LogP contribution in [0.15, 0.2) is 53.5 Å². The van der Waals surface area contributed by atoms with Gasteiger partial charge in [0.1, 0.15) is 5.00 Å². The van der Waals surface area contributed by atoms with E-state index >= 15 is 0 Å². The highest BCUT2D eigenvalue weighted by Gasteiger charge is 2.25. The van der Waals surface area contributed by atoms with Crippen molar-refractivity contribution >= 4 is 39.8 Å². The average Bonchev–Trinajstić information content (AvgIpc) is 3.12. The number of aliphatic imine (C=N–C) groups is 1. The summed E-state index contributed by atoms with van der Waals surface area (Å²) in [6.45, 7) is 0. The van der Waals surface area contributed by atoms with E-state index in [2.05, 4.69) is 10.3 Å². The van der Waals surface area contributed by atoms with Crippen LogP contribution in [0.5, 0.6) is 5.75 Å². The van der Waals surface area contributed by atoms with Gasteiger partial charge in [-0.2, -0.15) is 0 Å². The molecule has 0 saturated carbocycles. The molecule has 3 aromatic rings. The Bertz CT molecular complexity index is 1140. The van der Waals surface area contributed by atoms with Gasteiger partial charge in [-0.15, -0.1) is 11.3 Å². The van der Waals surface area contributed by atoms with Gasteiger partial charge in [0.05, 0.1) is 10.5 Å². The lowest BCUT2D eigenvalue weighted by Gasteiger charge is -2.12. The van der Waals surface area contributed by atoms with E-state index in [0.29, 0.717) is 21.8 Å². The fourth-order valence-corrected chi connectivity index (χ4v) is 4.72. The van der Waals surface area contributed by atoms with Crippen molar-refractivity contribution in [3.63, 3.8) is 0 Å². The van der Waals surface area contributed by atoms with Gasteiger partial charge in [-0.3, -0.25) is 14.9 Å². The van der Waals surface area contributed by atoms with Gasteiger partial charge >= 0.3 is 5.69 Å². The summed E-state index contributed by atoms with van der Waals surface area (Å²) in [6.07, 6.45) is 5.36. The number of hydrogen-bond donors (Lipinski definition) is 2. The first-order valence-corrected chi connectivity index (χ1v) is 10.4. The molecule has 0 unspecified atom stereocenters. The molecule has 1 amide bonds. The maximum absolute atomic E-state index is 13.1. The Morgan fingerprint density at radius 1 is 1.17 bits per heavy atom. The zero-order valence-corrected chi connectivity index (χ0v) is 16.8. The van der Waals surface area contributed by atoms with Crippen molar-refractivity contribution in [2.75, 3.05) is 5.32 Å². The maximum atomic E-state index is 13.1. The summed E-state index contributed by atoms with van der Waals surface area (Å²) in [4.78, 5) is 29.1. The molecule has 152 valence electrons. The zero-order valence-electron chi connectivity index (χ0n) is 16.0. The number of nitrogens with one attached hydrogen (secondary N) is 1. The molecule has 0 atom stereocenters. The summed E-state index contributed by atoms with van der Waals surface area (Å²) >= 11 is 1.49. The van der Waals surface area contributed by atoms with Crippen LogP contribution in [-0.4, -0.2) is 22.2 Å². The molecule has 7 nitrogen and oxygen atoms in total. The molecule has 1 aliphatic rings. The SMILES string of the molecule is O=C(Nc1ccccc1)c1c(N=Cc2ccc(O)c([N+](=O)[O-])c2)sc2c1CCCC2. The molecule has 1 aromatic heterocycles. The topological polar surface area (TPSA) is 105 Å². The Morgan fingerprint density at radius 2 is 1.93 bits per heavy atom. The first kappa shape index (κ1) is 19.8. The van der Waals surface area contributed by atoms with Crippen molar-refractivity contribution in [2.24, 2.45) is 4.99 Å². The Hall–Kier alpha value is -3.52. The van der Waals surface area contributed by atoms with Crippen LogP contribution >= 0.6 is 11.3 Å². The number of aromatic hydroxyl groups is 1. The second-order valence-electron chi connectivity index (χ2n) is 6.97. The third-order valence-electron chi connectivity index (χ3n) is 4.94. The number of nitrogens with zero attached hydrogens (tertiary/aromatic N) is 2. The average molecular weight is 421 g/mol. The predicted molar refractivity (Wildman–Crippen MR) is 117 cm³/mol. The molecular formula is C22H19N3O4S. The second kappa shape index (κ2) is 8.46. The van der Waals surface area contributed by atoms with Gasteiger partial charge in [0, 0.05) is 22.8 Å². The third-order valence-corrected chi connectivity index (χ3v) is 6.14. The first-order valence-electron chi connectivity index (χ1n) is 9.55. The van der Waals surface area contributed by atoms with Gasteiger partial charge in [0.2, 0.25) is 0 Å². The van der Waals surface area contributed by atoms with Crippen molar-refractivity contribution in [3.8, 4) is 5.75 Å². The van der Waals surface area contributed by atoms with E-state index in [1.165, 1.54) is 34.6 Å². The summed E-state index contributed by atoms with van der Waals surface area (Å²) in [5.74, 6) is -0.601. The summed E-state index contributed by atoms with van der Waals surface area (Å²) in [5, 5.41) is 24.2. The lowest BCUT2D eigenvalue weighted by atomic mass is 9.95. The van der Waals surface area contributed by atoms with E-state index in [9.17, 15) is 20.0 Å². The molecule has 1 heterocycles. The Morgan fingerprint density at radius 3 is 2.70 bits per heavy atom. The largest absolute Gasteiger partial charge is 0.502 e. The Balaban J connectivity index is 1.69. The number of phenols is 1. The number of thiophene rings is 1.